The highest BCUT2D eigenvalue weighted by molar-refractivity contribution is 5.84. The zero-order valence-electron chi connectivity index (χ0n) is 13.2. The Bertz CT molecular complexity index is 611. The molecule has 0 bridgehead atoms. The first kappa shape index (κ1) is 14.6. The fourth-order valence-corrected chi connectivity index (χ4v) is 2.84. The Kier molecular flexibility index (Phi) is 4.32. The molecule has 1 aromatic heterocycles. The SMILES string of the molecule is COCCc1ccc2oc(CNC(C)C)c(C3CC3)c2c1. The molecular weight excluding hydrogens is 262 g/mol. The van der Waals surface area contributed by atoms with E-state index in [1.807, 2.05) is 0 Å². The van der Waals surface area contributed by atoms with Gasteiger partial charge in [0.1, 0.15) is 11.3 Å². The molecule has 1 heterocycles. The third-order valence-electron chi connectivity index (χ3n) is 4.12. The number of fused-ring (bicyclic) bond motifs is 1. The first-order valence-electron chi connectivity index (χ1n) is 7.95. The van der Waals surface area contributed by atoms with Crippen molar-refractivity contribution in [2.75, 3.05) is 13.7 Å². The van der Waals surface area contributed by atoms with Crippen molar-refractivity contribution < 1.29 is 9.15 Å². The van der Waals surface area contributed by atoms with Crippen molar-refractivity contribution in [3.63, 3.8) is 0 Å². The Balaban J connectivity index is 1.93. The van der Waals surface area contributed by atoms with Crippen LogP contribution in [0.5, 0.6) is 0 Å². The molecule has 3 heteroatoms. The maximum Gasteiger partial charge on any atom is 0.134 e. The van der Waals surface area contributed by atoms with Crippen molar-refractivity contribution in [3.05, 3.63) is 35.1 Å². The van der Waals surface area contributed by atoms with E-state index >= 15 is 0 Å². The second-order valence-corrected chi connectivity index (χ2v) is 6.32. The molecule has 0 spiro atoms. The number of hydrogen-bond donors (Lipinski definition) is 1. The first-order valence-corrected chi connectivity index (χ1v) is 7.95. The molecule has 0 saturated heterocycles. The average Bonchev–Trinajstić information content (AvgIpc) is 3.23. The summed E-state index contributed by atoms with van der Waals surface area (Å²) in [6.45, 7) is 5.93. The second kappa shape index (κ2) is 6.20. The van der Waals surface area contributed by atoms with Crippen LogP contribution in [0, 0.1) is 0 Å². The minimum Gasteiger partial charge on any atom is -0.459 e. The lowest BCUT2D eigenvalue weighted by Crippen LogP contribution is -2.22. The van der Waals surface area contributed by atoms with Crippen molar-refractivity contribution in [1.82, 2.24) is 5.32 Å². The molecule has 0 aliphatic heterocycles. The van der Waals surface area contributed by atoms with Gasteiger partial charge in [-0.2, -0.15) is 0 Å². The largest absolute Gasteiger partial charge is 0.459 e. The Morgan fingerprint density at radius 3 is 2.81 bits per heavy atom. The van der Waals surface area contributed by atoms with Crippen molar-refractivity contribution in [3.8, 4) is 0 Å². The van der Waals surface area contributed by atoms with Crippen molar-refractivity contribution in [2.24, 2.45) is 0 Å². The van der Waals surface area contributed by atoms with Crippen LogP contribution < -0.4 is 5.32 Å². The van der Waals surface area contributed by atoms with Crippen LogP contribution in [-0.2, 0) is 17.7 Å². The molecule has 2 aromatic rings. The Labute approximate surface area is 126 Å². The van der Waals surface area contributed by atoms with Crippen molar-refractivity contribution >= 4 is 11.0 Å². The van der Waals surface area contributed by atoms with E-state index in [-0.39, 0.29) is 0 Å². The van der Waals surface area contributed by atoms with Crippen LogP contribution in [0.2, 0.25) is 0 Å². The maximum atomic E-state index is 6.12. The molecule has 1 aliphatic rings. The van der Waals surface area contributed by atoms with Crippen LogP contribution >= 0.6 is 0 Å². The predicted molar refractivity (Wildman–Crippen MR) is 85.7 cm³/mol. The molecule has 114 valence electrons. The number of furan rings is 1. The summed E-state index contributed by atoms with van der Waals surface area (Å²) in [5.41, 5.74) is 3.80. The third-order valence-corrected chi connectivity index (χ3v) is 4.12. The molecular formula is C18H25NO2. The summed E-state index contributed by atoms with van der Waals surface area (Å²) in [5, 5.41) is 4.79. The quantitative estimate of drug-likeness (QED) is 0.836. The van der Waals surface area contributed by atoms with Crippen LogP contribution in [0.25, 0.3) is 11.0 Å². The summed E-state index contributed by atoms with van der Waals surface area (Å²) in [5.74, 6) is 1.83. The Morgan fingerprint density at radius 1 is 1.33 bits per heavy atom. The number of nitrogens with one attached hydrogen (secondary N) is 1. The van der Waals surface area contributed by atoms with Gasteiger partial charge in [0.05, 0.1) is 13.2 Å². The van der Waals surface area contributed by atoms with E-state index in [1.165, 1.54) is 29.4 Å². The van der Waals surface area contributed by atoms with Gasteiger partial charge in [0.25, 0.3) is 0 Å². The minimum atomic E-state index is 0.475. The number of methoxy groups -OCH3 is 1. The average molecular weight is 287 g/mol. The van der Waals surface area contributed by atoms with E-state index in [4.69, 9.17) is 9.15 Å². The van der Waals surface area contributed by atoms with Crippen LogP contribution in [0.3, 0.4) is 0 Å². The number of benzene rings is 1. The van der Waals surface area contributed by atoms with Gasteiger partial charge in [-0.25, -0.2) is 0 Å². The smallest absolute Gasteiger partial charge is 0.134 e. The predicted octanol–water partition coefficient (Wildman–Crippen LogP) is 4.00. The molecule has 1 fully saturated rings. The fourth-order valence-electron chi connectivity index (χ4n) is 2.84. The Hall–Kier alpha value is -1.32. The van der Waals surface area contributed by atoms with Gasteiger partial charge in [0, 0.05) is 24.1 Å². The number of hydrogen-bond acceptors (Lipinski definition) is 3. The molecule has 0 unspecified atom stereocenters. The zero-order chi connectivity index (χ0) is 14.8. The Morgan fingerprint density at radius 2 is 2.14 bits per heavy atom. The maximum absolute atomic E-state index is 6.12. The van der Waals surface area contributed by atoms with Gasteiger partial charge < -0.3 is 14.5 Å². The van der Waals surface area contributed by atoms with Gasteiger partial charge in [-0.15, -0.1) is 0 Å². The highest BCUT2D eigenvalue weighted by Gasteiger charge is 2.30. The van der Waals surface area contributed by atoms with Crippen molar-refractivity contribution in [2.45, 2.75) is 51.6 Å². The molecule has 1 saturated carbocycles. The fraction of sp³-hybridized carbons (Fsp3) is 0.556. The van der Waals surface area contributed by atoms with Gasteiger partial charge in [-0.05, 0) is 42.9 Å². The summed E-state index contributed by atoms with van der Waals surface area (Å²) in [4.78, 5) is 0. The number of ether oxygens (including phenoxy) is 1. The van der Waals surface area contributed by atoms with Gasteiger partial charge in [-0.3, -0.25) is 0 Å². The highest BCUT2D eigenvalue weighted by atomic mass is 16.5. The molecule has 0 amide bonds. The van der Waals surface area contributed by atoms with Crippen LogP contribution in [0.1, 0.15) is 49.5 Å². The zero-order valence-corrected chi connectivity index (χ0v) is 13.2. The van der Waals surface area contributed by atoms with Gasteiger partial charge in [0.15, 0.2) is 0 Å². The highest BCUT2D eigenvalue weighted by Crippen LogP contribution is 2.46. The van der Waals surface area contributed by atoms with E-state index in [1.54, 1.807) is 7.11 Å². The van der Waals surface area contributed by atoms with Gasteiger partial charge in [0.2, 0.25) is 0 Å². The normalized spacial score (nSPS) is 15.2. The summed E-state index contributed by atoms with van der Waals surface area (Å²) >= 11 is 0. The molecule has 1 aliphatic carbocycles. The molecule has 0 radical (unpaired) electrons. The van der Waals surface area contributed by atoms with E-state index in [9.17, 15) is 0 Å². The third kappa shape index (κ3) is 3.30. The van der Waals surface area contributed by atoms with Crippen LogP contribution in [0.4, 0.5) is 0 Å². The van der Waals surface area contributed by atoms with Crippen LogP contribution in [0.15, 0.2) is 22.6 Å². The monoisotopic (exact) mass is 287 g/mol. The molecule has 1 N–H and O–H groups in total. The standard InChI is InChI=1S/C18H25NO2/c1-12(2)19-11-17-18(14-5-6-14)15-10-13(8-9-20-3)4-7-16(15)21-17/h4,7,10,12,14,19H,5-6,8-9,11H2,1-3H3. The van der Waals surface area contributed by atoms with E-state index in [2.05, 4.69) is 37.4 Å². The molecule has 0 atom stereocenters. The lowest BCUT2D eigenvalue weighted by atomic mass is 10.0. The summed E-state index contributed by atoms with van der Waals surface area (Å²) in [6, 6.07) is 7.04. The summed E-state index contributed by atoms with van der Waals surface area (Å²) < 4.78 is 11.3. The molecule has 21 heavy (non-hydrogen) atoms. The van der Waals surface area contributed by atoms with Crippen LogP contribution in [-0.4, -0.2) is 19.8 Å². The van der Waals surface area contributed by atoms with E-state index in [0.29, 0.717) is 12.0 Å². The summed E-state index contributed by atoms with van der Waals surface area (Å²) in [6.07, 6.45) is 3.55. The molecule has 3 nitrogen and oxygen atoms in total. The van der Waals surface area contributed by atoms with E-state index in [0.717, 1.165) is 30.9 Å². The molecule has 1 aromatic carbocycles. The summed E-state index contributed by atoms with van der Waals surface area (Å²) in [7, 11) is 1.75. The lowest BCUT2D eigenvalue weighted by Gasteiger charge is -2.07. The van der Waals surface area contributed by atoms with Gasteiger partial charge in [-0.1, -0.05) is 19.9 Å². The van der Waals surface area contributed by atoms with Gasteiger partial charge >= 0.3 is 0 Å². The first-order chi connectivity index (χ1) is 10.2. The second-order valence-electron chi connectivity index (χ2n) is 6.32. The van der Waals surface area contributed by atoms with Crippen molar-refractivity contribution in [1.29, 1.82) is 0 Å². The topological polar surface area (TPSA) is 34.4 Å². The minimum absolute atomic E-state index is 0.475. The lowest BCUT2D eigenvalue weighted by molar-refractivity contribution is 0.202. The van der Waals surface area contributed by atoms with E-state index < -0.39 is 0 Å². The molecule has 3 rings (SSSR count). The number of rotatable bonds is 7.